The molecule has 9 nitrogen and oxygen atoms in total. The van der Waals surface area contributed by atoms with Crippen LogP contribution >= 0.6 is 0 Å². The second-order valence-electron chi connectivity index (χ2n) is 6.62. The number of nitrogens with zero attached hydrogens (tertiary/aromatic N) is 2. The average Bonchev–Trinajstić information content (AvgIpc) is 3.07. The highest BCUT2D eigenvalue weighted by Gasteiger charge is 2.21. The van der Waals surface area contributed by atoms with E-state index in [1.165, 1.54) is 12.1 Å². The number of piperazine rings is 1. The molecule has 1 saturated heterocycles. The van der Waals surface area contributed by atoms with Gasteiger partial charge in [-0.2, -0.15) is 0 Å². The molecule has 4 N–H and O–H groups in total. The molecule has 0 unspecified atom stereocenters. The fourth-order valence-electron chi connectivity index (χ4n) is 3.27. The zero-order valence-corrected chi connectivity index (χ0v) is 15.0. The number of anilines is 2. The number of aromatic amines is 1. The van der Waals surface area contributed by atoms with E-state index in [9.17, 15) is 19.8 Å². The number of phenolic OH excluding ortho intramolecular Hbond substituents is 2. The Kier molecular flexibility index (Phi) is 4.56. The van der Waals surface area contributed by atoms with Crippen LogP contribution in [0.3, 0.4) is 0 Å². The van der Waals surface area contributed by atoms with E-state index in [2.05, 4.69) is 15.2 Å². The predicted octanol–water partition coefficient (Wildman–Crippen LogP) is 1.29. The maximum absolute atomic E-state index is 12.5. The first-order valence-electron chi connectivity index (χ1n) is 8.91. The fraction of sp³-hybridized carbons (Fsp3) is 0.263. The molecule has 28 heavy (non-hydrogen) atoms. The van der Waals surface area contributed by atoms with Gasteiger partial charge in [0.05, 0.1) is 12.1 Å². The molecule has 9 heteroatoms. The number of benzene rings is 2. The number of oxazole rings is 1. The number of amides is 1. The number of nitrogens with one attached hydrogen (secondary N) is 2. The van der Waals surface area contributed by atoms with E-state index in [1.807, 2.05) is 0 Å². The van der Waals surface area contributed by atoms with E-state index in [4.69, 9.17) is 4.42 Å². The lowest BCUT2D eigenvalue weighted by molar-refractivity contribution is -0.129. The number of phenols is 2. The van der Waals surface area contributed by atoms with E-state index in [1.54, 1.807) is 29.2 Å². The third-order valence-electron chi connectivity index (χ3n) is 4.82. The first-order chi connectivity index (χ1) is 13.5. The van der Waals surface area contributed by atoms with E-state index in [0.29, 0.717) is 43.0 Å². The molecule has 1 amide bonds. The summed E-state index contributed by atoms with van der Waals surface area (Å²) >= 11 is 0. The van der Waals surface area contributed by atoms with Crippen molar-refractivity contribution < 1.29 is 19.4 Å². The molecule has 2 aromatic carbocycles. The number of aromatic nitrogens is 1. The van der Waals surface area contributed by atoms with Gasteiger partial charge in [0.1, 0.15) is 0 Å². The maximum Gasteiger partial charge on any atom is 0.417 e. The zero-order chi connectivity index (χ0) is 19.7. The van der Waals surface area contributed by atoms with Gasteiger partial charge in [-0.1, -0.05) is 0 Å². The molecule has 0 radical (unpaired) electrons. The van der Waals surface area contributed by atoms with Gasteiger partial charge in [-0.15, -0.1) is 0 Å². The van der Waals surface area contributed by atoms with Gasteiger partial charge >= 0.3 is 5.76 Å². The SMILES string of the molecule is O=C(CNc1ccc2[nH]c(=O)oc2c1)N1CCN(c2ccc(O)c(O)c2)CC1. The number of aromatic hydroxyl groups is 2. The molecule has 0 atom stereocenters. The van der Waals surface area contributed by atoms with Gasteiger partial charge < -0.3 is 29.7 Å². The van der Waals surface area contributed by atoms with Gasteiger partial charge in [0.25, 0.3) is 0 Å². The first-order valence-corrected chi connectivity index (χ1v) is 8.91. The van der Waals surface area contributed by atoms with Gasteiger partial charge in [0, 0.05) is 49.7 Å². The van der Waals surface area contributed by atoms with Gasteiger partial charge in [0.2, 0.25) is 5.91 Å². The summed E-state index contributed by atoms with van der Waals surface area (Å²) in [5.74, 6) is -0.844. The molecular weight excluding hydrogens is 364 g/mol. The minimum atomic E-state index is -0.511. The first kappa shape index (κ1) is 17.8. The predicted molar refractivity (Wildman–Crippen MR) is 104 cm³/mol. The normalized spacial score (nSPS) is 14.4. The summed E-state index contributed by atoms with van der Waals surface area (Å²) in [6, 6.07) is 9.88. The molecule has 0 saturated carbocycles. The highest BCUT2D eigenvalue weighted by atomic mass is 16.4. The van der Waals surface area contributed by atoms with Gasteiger partial charge in [-0.25, -0.2) is 4.79 Å². The largest absolute Gasteiger partial charge is 0.504 e. The number of hydrogen-bond donors (Lipinski definition) is 4. The lowest BCUT2D eigenvalue weighted by Gasteiger charge is -2.36. The Balaban J connectivity index is 1.32. The van der Waals surface area contributed by atoms with E-state index in [0.717, 1.165) is 5.69 Å². The molecule has 0 bridgehead atoms. The molecule has 0 aliphatic carbocycles. The third-order valence-corrected chi connectivity index (χ3v) is 4.82. The van der Waals surface area contributed by atoms with Crippen molar-refractivity contribution in [1.82, 2.24) is 9.88 Å². The van der Waals surface area contributed by atoms with Crippen LogP contribution in [0.25, 0.3) is 11.1 Å². The topological polar surface area (TPSA) is 122 Å². The zero-order valence-electron chi connectivity index (χ0n) is 15.0. The number of carbonyl (C=O) groups excluding carboxylic acids is 1. The van der Waals surface area contributed by atoms with E-state index >= 15 is 0 Å². The van der Waals surface area contributed by atoms with Crippen LogP contribution in [0, 0.1) is 0 Å². The molecule has 146 valence electrons. The fourth-order valence-corrected chi connectivity index (χ4v) is 3.27. The van der Waals surface area contributed by atoms with Crippen molar-refractivity contribution in [3.05, 3.63) is 46.9 Å². The van der Waals surface area contributed by atoms with Crippen LogP contribution in [0.2, 0.25) is 0 Å². The summed E-state index contributed by atoms with van der Waals surface area (Å²) in [6.45, 7) is 2.54. The average molecular weight is 384 g/mol. The highest BCUT2D eigenvalue weighted by Crippen LogP contribution is 2.29. The van der Waals surface area contributed by atoms with E-state index in [-0.39, 0.29) is 24.0 Å². The second kappa shape index (κ2) is 7.18. The minimum Gasteiger partial charge on any atom is -0.504 e. The van der Waals surface area contributed by atoms with Crippen molar-refractivity contribution in [2.75, 3.05) is 42.9 Å². The summed E-state index contributed by atoms with van der Waals surface area (Å²) in [6.07, 6.45) is 0. The summed E-state index contributed by atoms with van der Waals surface area (Å²) in [4.78, 5) is 30.1. The number of rotatable bonds is 4. The minimum absolute atomic E-state index is 0.0242. The van der Waals surface area contributed by atoms with Crippen molar-refractivity contribution in [3.8, 4) is 11.5 Å². The lowest BCUT2D eigenvalue weighted by atomic mass is 10.2. The smallest absolute Gasteiger partial charge is 0.417 e. The van der Waals surface area contributed by atoms with E-state index < -0.39 is 5.76 Å². The summed E-state index contributed by atoms with van der Waals surface area (Å²) in [5, 5.41) is 22.1. The highest BCUT2D eigenvalue weighted by molar-refractivity contribution is 5.83. The van der Waals surface area contributed by atoms with Crippen molar-refractivity contribution >= 4 is 28.4 Å². The Morgan fingerprint density at radius 2 is 1.86 bits per heavy atom. The van der Waals surface area contributed by atoms with Crippen LogP contribution in [0.5, 0.6) is 11.5 Å². The number of fused-ring (bicyclic) bond motifs is 1. The van der Waals surface area contributed by atoms with Gasteiger partial charge in [-0.05, 0) is 24.3 Å². The number of carbonyl (C=O) groups is 1. The molecule has 1 aliphatic rings. The van der Waals surface area contributed by atoms with Crippen LogP contribution in [-0.4, -0.2) is 58.7 Å². The summed E-state index contributed by atoms with van der Waals surface area (Å²) < 4.78 is 5.02. The van der Waals surface area contributed by atoms with Crippen LogP contribution in [-0.2, 0) is 4.79 Å². The van der Waals surface area contributed by atoms with Crippen LogP contribution < -0.4 is 16.0 Å². The Bertz CT molecular complexity index is 1070. The number of H-pyrrole nitrogens is 1. The summed E-state index contributed by atoms with van der Waals surface area (Å²) in [7, 11) is 0. The van der Waals surface area contributed by atoms with Crippen molar-refractivity contribution in [1.29, 1.82) is 0 Å². The van der Waals surface area contributed by atoms with Crippen LogP contribution in [0.1, 0.15) is 0 Å². The molecule has 1 fully saturated rings. The molecule has 1 aromatic heterocycles. The van der Waals surface area contributed by atoms with Crippen molar-refractivity contribution in [2.24, 2.45) is 0 Å². The summed E-state index contributed by atoms with van der Waals surface area (Å²) in [5.41, 5.74) is 2.55. The monoisotopic (exact) mass is 384 g/mol. The lowest BCUT2D eigenvalue weighted by Crippen LogP contribution is -2.50. The van der Waals surface area contributed by atoms with Crippen LogP contribution in [0.15, 0.2) is 45.6 Å². The van der Waals surface area contributed by atoms with Gasteiger partial charge in [-0.3, -0.25) is 9.78 Å². The Hall–Kier alpha value is -3.62. The molecule has 4 rings (SSSR count). The number of hydrogen-bond acceptors (Lipinski definition) is 7. The molecular formula is C19H20N4O5. The quantitative estimate of drug-likeness (QED) is 0.500. The molecule has 2 heterocycles. The second-order valence-corrected chi connectivity index (χ2v) is 6.62. The Morgan fingerprint density at radius 3 is 2.61 bits per heavy atom. The molecule has 1 aliphatic heterocycles. The Morgan fingerprint density at radius 1 is 1.07 bits per heavy atom. The Labute approximate surface area is 159 Å². The molecule has 3 aromatic rings. The molecule has 0 spiro atoms. The standard InChI is InChI=1S/C19H20N4O5/c24-15-4-2-13(10-16(15)25)22-5-7-23(8-6-22)18(26)11-20-12-1-3-14-17(9-12)28-19(27)21-14/h1-4,9-10,20,24-25H,5-8,11H2,(H,21,27). The van der Waals surface area contributed by atoms with Crippen molar-refractivity contribution in [3.63, 3.8) is 0 Å². The van der Waals surface area contributed by atoms with Crippen molar-refractivity contribution in [2.45, 2.75) is 0 Å². The maximum atomic E-state index is 12.5. The third kappa shape index (κ3) is 3.59. The van der Waals surface area contributed by atoms with Gasteiger partial charge in [0.15, 0.2) is 17.1 Å². The van der Waals surface area contributed by atoms with Crippen LogP contribution in [0.4, 0.5) is 11.4 Å².